The van der Waals surface area contributed by atoms with Crippen molar-refractivity contribution in [3.05, 3.63) is 41.3 Å². The summed E-state index contributed by atoms with van der Waals surface area (Å²) in [7, 11) is 3.58. The first-order valence-electron chi connectivity index (χ1n) is 7.94. The van der Waals surface area contributed by atoms with Crippen molar-refractivity contribution in [3.8, 4) is 5.75 Å². The number of aryl methyl sites for hydroxylation is 2. The van der Waals surface area contributed by atoms with Gasteiger partial charge in [-0.25, -0.2) is 0 Å². The van der Waals surface area contributed by atoms with Crippen LogP contribution in [0.3, 0.4) is 0 Å². The maximum atomic E-state index is 12.9. The molecule has 3 rings (SSSR count). The van der Waals surface area contributed by atoms with Gasteiger partial charge in [0.1, 0.15) is 5.75 Å². The molecule has 6 heteroatoms. The summed E-state index contributed by atoms with van der Waals surface area (Å²) in [4.78, 5) is 12.9. The number of amides is 1. The molecule has 0 atom stereocenters. The van der Waals surface area contributed by atoms with Crippen molar-refractivity contribution in [1.82, 2.24) is 14.3 Å². The van der Waals surface area contributed by atoms with Crippen LogP contribution in [0, 0.1) is 13.8 Å². The molecule has 0 spiro atoms. The van der Waals surface area contributed by atoms with Gasteiger partial charge in [0.15, 0.2) is 0 Å². The van der Waals surface area contributed by atoms with Gasteiger partial charge in [-0.15, -0.1) is 0 Å². The molecule has 3 aromatic rings. The number of anilines is 1. The zero-order chi connectivity index (χ0) is 17.4. The van der Waals surface area contributed by atoms with Crippen LogP contribution in [0.4, 0.5) is 5.69 Å². The van der Waals surface area contributed by atoms with E-state index in [2.05, 4.69) is 10.4 Å². The Morgan fingerprint density at radius 3 is 2.67 bits per heavy atom. The van der Waals surface area contributed by atoms with Gasteiger partial charge in [-0.3, -0.25) is 9.48 Å². The average Bonchev–Trinajstić information content (AvgIpc) is 3.05. The first-order valence-corrected chi connectivity index (χ1v) is 7.94. The van der Waals surface area contributed by atoms with Crippen LogP contribution in [0.5, 0.6) is 5.75 Å². The second-order valence-electron chi connectivity index (χ2n) is 5.82. The monoisotopic (exact) mass is 326 g/mol. The van der Waals surface area contributed by atoms with Gasteiger partial charge in [0, 0.05) is 30.2 Å². The number of fused-ring (bicyclic) bond motifs is 1. The standard InChI is InChI=1S/C18H22N4O2/c1-6-22-11(2)15(10-19-22)20-18(23)17-12(3)21(4)16-8-7-13(24-5)9-14(16)17/h7-10H,6H2,1-5H3,(H,20,23). The molecule has 0 aliphatic rings. The summed E-state index contributed by atoms with van der Waals surface area (Å²) >= 11 is 0. The van der Waals surface area contributed by atoms with Crippen molar-refractivity contribution in [3.63, 3.8) is 0 Å². The van der Waals surface area contributed by atoms with Crippen molar-refractivity contribution >= 4 is 22.5 Å². The van der Waals surface area contributed by atoms with Gasteiger partial charge in [-0.05, 0) is 39.0 Å². The van der Waals surface area contributed by atoms with E-state index >= 15 is 0 Å². The topological polar surface area (TPSA) is 61.1 Å². The molecule has 2 heterocycles. The number of hydrogen-bond acceptors (Lipinski definition) is 3. The van der Waals surface area contributed by atoms with E-state index in [-0.39, 0.29) is 5.91 Å². The number of aromatic nitrogens is 3. The van der Waals surface area contributed by atoms with E-state index in [1.54, 1.807) is 13.3 Å². The lowest BCUT2D eigenvalue weighted by molar-refractivity contribution is 0.102. The maximum absolute atomic E-state index is 12.9. The zero-order valence-electron chi connectivity index (χ0n) is 14.7. The van der Waals surface area contributed by atoms with Crippen molar-refractivity contribution in [2.75, 3.05) is 12.4 Å². The number of methoxy groups -OCH3 is 1. The van der Waals surface area contributed by atoms with Crippen molar-refractivity contribution in [1.29, 1.82) is 0 Å². The SMILES string of the molecule is CCn1ncc(NC(=O)c2c(C)n(C)c3ccc(OC)cc23)c1C. The summed E-state index contributed by atoms with van der Waals surface area (Å²) in [6, 6.07) is 5.77. The van der Waals surface area contributed by atoms with Crippen molar-refractivity contribution in [2.45, 2.75) is 27.3 Å². The predicted octanol–water partition coefficient (Wildman–Crippen LogP) is 3.27. The molecule has 0 bridgehead atoms. The van der Waals surface area contributed by atoms with E-state index in [0.29, 0.717) is 5.56 Å². The first-order chi connectivity index (χ1) is 11.5. The molecular weight excluding hydrogens is 304 g/mol. The van der Waals surface area contributed by atoms with E-state index in [0.717, 1.165) is 40.3 Å². The van der Waals surface area contributed by atoms with Gasteiger partial charge in [0.05, 0.1) is 30.3 Å². The number of nitrogens with zero attached hydrogens (tertiary/aromatic N) is 3. The Labute approximate surface area is 141 Å². The molecule has 0 saturated carbocycles. The van der Waals surface area contributed by atoms with Crippen LogP contribution in [0.1, 0.15) is 28.7 Å². The molecule has 126 valence electrons. The fraction of sp³-hybridized carbons (Fsp3) is 0.333. The molecule has 0 aliphatic carbocycles. The van der Waals surface area contributed by atoms with Crippen LogP contribution in [0.25, 0.3) is 10.9 Å². The highest BCUT2D eigenvalue weighted by molar-refractivity contribution is 6.14. The Morgan fingerprint density at radius 1 is 1.29 bits per heavy atom. The fourth-order valence-electron chi connectivity index (χ4n) is 3.04. The number of carbonyl (C=O) groups excluding carboxylic acids is 1. The lowest BCUT2D eigenvalue weighted by Crippen LogP contribution is -2.14. The van der Waals surface area contributed by atoms with Crippen LogP contribution >= 0.6 is 0 Å². The molecule has 24 heavy (non-hydrogen) atoms. The number of nitrogens with one attached hydrogen (secondary N) is 1. The Bertz CT molecular complexity index is 921. The average molecular weight is 326 g/mol. The molecule has 2 aromatic heterocycles. The summed E-state index contributed by atoms with van der Waals surface area (Å²) in [5, 5.41) is 8.15. The summed E-state index contributed by atoms with van der Waals surface area (Å²) < 4.78 is 9.18. The molecule has 6 nitrogen and oxygen atoms in total. The van der Waals surface area contributed by atoms with E-state index in [4.69, 9.17) is 4.74 Å². The van der Waals surface area contributed by atoms with Crippen molar-refractivity contribution < 1.29 is 9.53 Å². The third-order valence-corrected chi connectivity index (χ3v) is 4.58. The van der Waals surface area contributed by atoms with Crippen LogP contribution in [-0.4, -0.2) is 27.4 Å². The highest BCUT2D eigenvalue weighted by atomic mass is 16.5. The number of hydrogen-bond donors (Lipinski definition) is 1. The summed E-state index contributed by atoms with van der Waals surface area (Å²) in [5.41, 5.74) is 4.26. The molecule has 0 saturated heterocycles. The molecule has 1 aromatic carbocycles. The molecule has 0 unspecified atom stereocenters. The van der Waals surface area contributed by atoms with Gasteiger partial charge >= 0.3 is 0 Å². The number of rotatable bonds is 4. The van der Waals surface area contributed by atoms with Crippen molar-refractivity contribution in [2.24, 2.45) is 7.05 Å². The number of benzene rings is 1. The van der Waals surface area contributed by atoms with E-state index in [1.807, 2.05) is 55.3 Å². The quantitative estimate of drug-likeness (QED) is 0.800. The predicted molar refractivity (Wildman–Crippen MR) is 94.8 cm³/mol. The smallest absolute Gasteiger partial charge is 0.258 e. The van der Waals surface area contributed by atoms with E-state index < -0.39 is 0 Å². The summed E-state index contributed by atoms with van der Waals surface area (Å²) in [6.07, 6.45) is 1.69. The van der Waals surface area contributed by atoms with Crippen LogP contribution < -0.4 is 10.1 Å². The zero-order valence-corrected chi connectivity index (χ0v) is 14.7. The molecule has 1 N–H and O–H groups in total. The lowest BCUT2D eigenvalue weighted by atomic mass is 10.1. The normalized spacial score (nSPS) is 11.0. The Morgan fingerprint density at radius 2 is 2.04 bits per heavy atom. The van der Waals surface area contributed by atoms with E-state index in [9.17, 15) is 4.79 Å². The third-order valence-electron chi connectivity index (χ3n) is 4.58. The Kier molecular flexibility index (Phi) is 4.05. The van der Waals surface area contributed by atoms with Crippen LogP contribution in [-0.2, 0) is 13.6 Å². The van der Waals surface area contributed by atoms with Gasteiger partial charge < -0.3 is 14.6 Å². The van der Waals surface area contributed by atoms with Crippen LogP contribution in [0.15, 0.2) is 24.4 Å². The van der Waals surface area contributed by atoms with E-state index in [1.165, 1.54) is 0 Å². The fourth-order valence-corrected chi connectivity index (χ4v) is 3.04. The highest BCUT2D eigenvalue weighted by Gasteiger charge is 2.20. The minimum absolute atomic E-state index is 0.134. The molecule has 0 radical (unpaired) electrons. The first kappa shape index (κ1) is 16.1. The summed E-state index contributed by atoms with van der Waals surface area (Å²) in [6.45, 7) is 6.69. The second kappa shape index (κ2) is 6.03. The van der Waals surface area contributed by atoms with Gasteiger partial charge in [-0.2, -0.15) is 5.10 Å². The molecule has 0 aliphatic heterocycles. The lowest BCUT2D eigenvalue weighted by Gasteiger charge is -2.06. The Hall–Kier alpha value is -2.76. The minimum atomic E-state index is -0.134. The third kappa shape index (κ3) is 2.44. The second-order valence-corrected chi connectivity index (χ2v) is 5.82. The molecule has 1 amide bonds. The minimum Gasteiger partial charge on any atom is -0.497 e. The number of carbonyl (C=O) groups is 1. The highest BCUT2D eigenvalue weighted by Crippen LogP contribution is 2.29. The molecule has 0 fully saturated rings. The largest absolute Gasteiger partial charge is 0.497 e. The van der Waals surface area contributed by atoms with Crippen LogP contribution in [0.2, 0.25) is 0 Å². The van der Waals surface area contributed by atoms with Gasteiger partial charge in [0.25, 0.3) is 5.91 Å². The number of ether oxygens (including phenoxy) is 1. The maximum Gasteiger partial charge on any atom is 0.258 e. The van der Waals surface area contributed by atoms with Gasteiger partial charge in [0.2, 0.25) is 0 Å². The van der Waals surface area contributed by atoms with Gasteiger partial charge in [-0.1, -0.05) is 0 Å². The molecular formula is C18H22N4O2. The Balaban J connectivity index is 2.06. The summed E-state index contributed by atoms with van der Waals surface area (Å²) in [5.74, 6) is 0.599.